The first-order valence-electron chi connectivity index (χ1n) is 6.74. The molecule has 0 saturated carbocycles. The van der Waals surface area contributed by atoms with Crippen molar-refractivity contribution < 1.29 is 0 Å². The zero-order valence-electron chi connectivity index (χ0n) is 11.5. The third-order valence-electron chi connectivity index (χ3n) is 3.60. The molecule has 1 unspecified atom stereocenters. The van der Waals surface area contributed by atoms with E-state index in [4.69, 9.17) is 23.2 Å². The number of nitrogens with one attached hydrogen (secondary N) is 1. The smallest absolute Gasteiger partial charge is 0.0595 e. The van der Waals surface area contributed by atoms with Crippen LogP contribution in [0.3, 0.4) is 0 Å². The van der Waals surface area contributed by atoms with Crippen LogP contribution in [0.5, 0.6) is 0 Å². The van der Waals surface area contributed by atoms with Crippen LogP contribution < -0.4 is 5.43 Å². The van der Waals surface area contributed by atoms with Crippen molar-refractivity contribution in [3.8, 4) is 0 Å². The Labute approximate surface area is 125 Å². The molecule has 1 aromatic rings. The summed E-state index contributed by atoms with van der Waals surface area (Å²) in [7, 11) is 2.16. The molecule has 1 heterocycles. The minimum absolute atomic E-state index is 0.290. The van der Waals surface area contributed by atoms with E-state index in [-0.39, 0.29) is 6.04 Å². The summed E-state index contributed by atoms with van der Waals surface area (Å²) in [5, 5.41) is 3.54. The molecule has 1 aliphatic heterocycles. The van der Waals surface area contributed by atoms with E-state index in [1.807, 2.05) is 18.2 Å². The van der Waals surface area contributed by atoms with E-state index >= 15 is 0 Å². The number of nitrogens with zero attached hydrogens (tertiary/aromatic N) is 2. The van der Waals surface area contributed by atoms with Gasteiger partial charge in [0.2, 0.25) is 0 Å². The van der Waals surface area contributed by atoms with Gasteiger partial charge in [-0.3, -0.25) is 0 Å². The molecule has 1 fully saturated rings. The minimum atomic E-state index is 0.290. The first kappa shape index (κ1) is 15.1. The molecule has 106 valence electrons. The van der Waals surface area contributed by atoms with Crippen LogP contribution in [0.4, 0.5) is 0 Å². The van der Waals surface area contributed by atoms with E-state index in [2.05, 4.69) is 29.3 Å². The van der Waals surface area contributed by atoms with Crippen LogP contribution >= 0.6 is 23.2 Å². The van der Waals surface area contributed by atoms with Gasteiger partial charge in [-0.15, -0.1) is 0 Å². The van der Waals surface area contributed by atoms with Crippen molar-refractivity contribution in [1.29, 1.82) is 0 Å². The molecule has 0 aliphatic carbocycles. The van der Waals surface area contributed by atoms with Gasteiger partial charge in [-0.25, -0.2) is 10.4 Å². The summed E-state index contributed by atoms with van der Waals surface area (Å²) in [5.74, 6) is 0. The Morgan fingerprint density at radius 2 is 1.84 bits per heavy atom. The van der Waals surface area contributed by atoms with Crippen molar-refractivity contribution in [2.45, 2.75) is 19.4 Å². The molecule has 3 nitrogen and oxygen atoms in total. The van der Waals surface area contributed by atoms with E-state index in [0.29, 0.717) is 10.0 Å². The monoisotopic (exact) mass is 301 g/mol. The van der Waals surface area contributed by atoms with Crippen LogP contribution in [0.15, 0.2) is 18.2 Å². The van der Waals surface area contributed by atoms with E-state index in [9.17, 15) is 0 Å². The second kappa shape index (κ2) is 6.91. The third kappa shape index (κ3) is 4.07. The Morgan fingerprint density at radius 1 is 1.16 bits per heavy atom. The van der Waals surface area contributed by atoms with Gasteiger partial charge in [0, 0.05) is 32.2 Å². The highest BCUT2D eigenvalue weighted by atomic mass is 35.5. The number of likely N-dealkylation sites (N-methyl/N-ethyl adjacent to an activating group) is 1. The molecule has 2 rings (SSSR count). The summed E-state index contributed by atoms with van der Waals surface area (Å²) in [6.07, 6.45) is 1.02. The lowest BCUT2D eigenvalue weighted by molar-refractivity contribution is 0.0857. The maximum absolute atomic E-state index is 6.10. The molecule has 0 amide bonds. The number of piperazine rings is 1. The molecular formula is C14H21Cl2N3. The molecule has 1 atom stereocenters. The molecule has 0 aromatic heterocycles. The second-order valence-electron chi connectivity index (χ2n) is 5.05. The zero-order chi connectivity index (χ0) is 13.8. The first-order chi connectivity index (χ1) is 9.10. The SMILES string of the molecule is CCC(NN1CCN(C)CC1)c1ccc(Cl)c(Cl)c1. The van der Waals surface area contributed by atoms with Crippen LogP contribution in [-0.4, -0.2) is 43.1 Å². The summed E-state index contributed by atoms with van der Waals surface area (Å²) < 4.78 is 0. The molecule has 1 saturated heterocycles. The Balaban J connectivity index is 2.01. The number of hydrogen-bond acceptors (Lipinski definition) is 3. The van der Waals surface area contributed by atoms with Gasteiger partial charge in [0.15, 0.2) is 0 Å². The van der Waals surface area contributed by atoms with Gasteiger partial charge in [0.05, 0.1) is 10.0 Å². The van der Waals surface area contributed by atoms with Gasteiger partial charge >= 0.3 is 0 Å². The fourth-order valence-corrected chi connectivity index (χ4v) is 2.59. The number of halogens is 2. The van der Waals surface area contributed by atoms with Gasteiger partial charge in [-0.05, 0) is 31.2 Å². The third-order valence-corrected chi connectivity index (χ3v) is 4.33. The van der Waals surface area contributed by atoms with Crippen molar-refractivity contribution in [2.75, 3.05) is 33.2 Å². The van der Waals surface area contributed by atoms with Crippen molar-refractivity contribution >= 4 is 23.2 Å². The molecule has 1 N–H and O–H groups in total. The van der Waals surface area contributed by atoms with E-state index in [1.165, 1.54) is 5.56 Å². The lowest BCUT2D eigenvalue weighted by atomic mass is 10.1. The molecule has 0 bridgehead atoms. The van der Waals surface area contributed by atoms with Crippen molar-refractivity contribution in [1.82, 2.24) is 15.3 Å². The molecule has 0 spiro atoms. The molecule has 1 aromatic carbocycles. The van der Waals surface area contributed by atoms with Crippen molar-refractivity contribution in [2.24, 2.45) is 0 Å². The summed E-state index contributed by atoms with van der Waals surface area (Å²) in [6, 6.07) is 6.17. The standard InChI is InChI=1S/C14H21Cl2N3/c1-3-14(11-4-5-12(15)13(16)10-11)17-19-8-6-18(2)7-9-19/h4-5,10,14,17H,3,6-9H2,1-2H3. The highest BCUT2D eigenvalue weighted by Crippen LogP contribution is 2.27. The van der Waals surface area contributed by atoms with Crippen LogP contribution in [-0.2, 0) is 0 Å². The van der Waals surface area contributed by atoms with E-state index < -0.39 is 0 Å². The van der Waals surface area contributed by atoms with Crippen molar-refractivity contribution in [3.05, 3.63) is 33.8 Å². The van der Waals surface area contributed by atoms with Gasteiger partial charge in [-0.1, -0.05) is 36.2 Å². The number of benzene rings is 1. The van der Waals surface area contributed by atoms with Crippen LogP contribution in [0.1, 0.15) is 24.9 Å². The Hall–Kier alpha value is -0.320. The van der Waals surface area contributed by atoms with Crippen LogP contribution in [0, 0.1) is 0 Å². The fourth-order valence-electron chi connectivity index (χ4n) is 2.29. The first-order valence-corrected chi connectivity index (χ1v) is 7.50. The summed E-state index contributed by atoms with van der Waals surface area (Å²) in [5.41, 5.74) is 4.78. The highest BCUT2D eigenvalue weighted by molar-refractivity contribution is 6.42. The lowest BCUT2D eigenvalue weighted by Crippen LogP contribution is -2.51. The normalized spacial score (nSPS) is 19.6. The van der Waals surface area contributed by atoms with E-state index in [0.717, 1.165) is 32.6 Å². The quantitative estimate of drug-likeness (QED) is 0.921. The molecule has 5 heteroatoms. The molecule has 0 radical (unpaired) electrons. The average Bonchev–Trinajstić information content (AvgIpc) is 2.41. The zero-order valence-corrected chi connectivity index (χ0v) is 13.0. The predicted molar refractivity (Wildman–Crippen MR) is 81.7 cm³/mol. The summed E-state index contributed by atoms with van der Waals surface area (Å²) >= 11 is 12.1. The van der Waals surface area contributed by atoms with Crippen LogP contribution in [0.2, 0.25) is 10.0 Å². The maximum atomic E-state index is 6.10. The van der Waals surface area contributed by atoms with E-state index in [1.54, 1.807) is 0 Å². The van der Waals surface area contributed by atoms with Gasteiger partial charge < -0.3 is 4.90 Å². The maximum Gasteiger partial charge on any atom is 0.0595 e. The molecule has 19 heavy (non-hydrogen) atoms. The Morgan fingerprint density at radius 3 is 2.42 bits per heavy atom. The van der Waals surface area contributed by atoms with Crippen LogP contribution in [0.25, 0.3) is 0 Å². The largest absolute Gasteiger partial charge is 0.304 e. The molecular weight excluding hydrogens is 281 g/mol. The number of hydrazine groups is 1. The van der Waals surface area contributed by atoms with Gasteiger partial charge in [-0.2, -0.15) is 0 Å². The van der Waals surface area contributed by atoms with Gasteiger partial charge in [0.25, 0.3) is 0 Å². The average molecular weight is 302 g/mol. The second-order valence-corrected chi connectivity index (χ2v) is 5.87. The number of rotatable bonds is 4. The van der Waals surface area contributed by atoms with Crippen molar-refractivity contribution in [3.63, 3.8) is 0 Å². The lowest BCUT2D eigenvalue weighted by Gasteiger charge is -2.35. The number of hydrogen-bond donors (Lipinski definition) is 1. The Kier molecular flexibility index (Phi) is 5.48. The summed E-state index contributed by atoms with van der Waals surface area (Å²) in [6.45, 7) is 6.48. The Bertz CT molecular complexity index is 417. The predicted octanol–water partition coefficient (Wildman–Crippen LogP) is 3.20. The fraction of sp³-hybridized carbons (Fsp3) is 0.571. The minimum Gasteiger partial charge on any atom is -0.304 e. The molecule has 1 aliphatic rings. The van der Waals surface area contributed by atoms with Gasteiger partial charge in [0.1, 0.15) is 0 Å². The topological polar surface area (TPSA) is 18.5 Å². The highest BCUT2D eigenvalue weighted by Gasteiger charge is 2.18. The summed E-state index contributed by atoms with van der Waals surface area (Å²) in [4.78, 5) is 2.35.